The second-order valence-electron chi connectivity index (χ2n) is 6.14. The highest BCUT2D eigenvalue weighted by molar-refractivity contribution is 6.04. The van der Waals surface area contributed by atoms with Crippen LogP contribution < -0.4 is 5.32 Å². The second kappa shape index (κ2) is 8.69. The summed E-state index contributed by atoms with van der Waals surface area (Å²) in [6, 6.07) is 18.9. The summed E-state index contributed by atoms with van der Waals surface area (Å²) in [5.41, 5.74) is 2.45. The summed E-state index contributed by atoms with van der Waals surface area (Å²) < 4.78 is 6.48. The number of carbonyl (C=O) groups excluding carboxylic acids is 2. The fraction of sp³-hybridized carbons (Fsp3) is 0.136. The summed E-state index contributed by atoms with van der Waals surface area (Å²) in [6.07, 6.45) is 3.28. The second-order valence-corrected chi connectivity index (χ2v) is 6.14. The van der Waals surface area contributed by atoms with Crippen molar-refractivity contribution in [2.24, 2.45) is 0 Å². The Kier molecular flexibility index (Phi) is 5.87. The number of carbonyl (C=O) groups is 2. The molecule has 0 radical (unpaired) electrons. The van der Waals surface area contributed by atoms with Gasteiger partial charge in [-0.3, -0.25) is 9.59 Å². The number of nitrogens with one attached hydrogen (secondary N) is 1. The summed E-state index contributed by atoms with van der Waals surface area (Å²) in [5, 5.41) is 13.1. The van der Waals surface area contributed by atoms with E-state index in [9.17, 15) is 14.9 Å². The van der Waals surface area contributed by atoms with Crippen LogP contribution >= 0.6 is 0 Å². The minimum atomic E-state index is -0.448. The molecule has 0 aliphatic carbocycles. The Labute approximate surface area is 162 Å². The number of benzene rings is 2. The van der Waals surface area contributed by atoms with Crippen LogP contribution in [-0.4, -0.2) is 23.6 Å². The van der Waals surface area contributed by atoms with Gasteiger partial charge in [0, 0.05) is 29.2 Å². The maximum Gasteiger partial charge on any atom is 0.325 e. The molecule has 2 aromatic carbocycles. The number of rotatable bonds is 6. The Morgan fingerprint density at radius 1 is 1.14 bits per heavy atom. The molecule has 3 aromatic rings. The fourth-order valence-electron chi connectivity index (χ4n) is 2.90. The number of amides is 1. The largest absolute Gasteiger partial charge is 0.468 e. The number of nitriles is 1. The average molecular weight is 373 g/mol. The van der Waals surface area contributed by atoms with Crippen LogP contribution in [0.25, 0.3) is 17.0 Å². The molecule has 6 heteroatoms. The lowest BCUT2D eigenvalue weighted by atomic mass is 10.1. The first-order valence-corrected chi connectivity index (χ1v) is 8.71. The Morgan fingerprint density at radius 2 is 1.86 bits per heavy atom. The molecule has 0 aliphatic rings. The van der Waals surface area contributed by atoms with Crippen LogP contribution in [-0.2, 0) is 27.4 Å². The Balaban J connectivity index is 1.87. The van der Waals surface area contributed by atoms with Gasteiger partial charge in [0.05, 0.1) is 7.11 Å². The number of methoxy groups -OCH3 is 1. The molecular weight excluding hydrogens is 354 g/mol. The van der Waals surface area contributed by atoms with Gasteiger partial charge in [0.15, 0.2) is 0 Å². The first kappa shape index (κ1) is 18.9. The molecule has 0 atom stereocenters. The molecule has 3 rings (SSSR count). The Bertz CT molecular complexity index is 1080. The summed E-state index contributed by atoms with van der Waals surface area (Å²) in [4.78, 5) is 24.1. The van der Waals surface area contributed by atoms with Gasteiger partial charge in [-0.2, -0.15) is 5.26 Å². The molecule has 1 amide bonds. The molecule has 0 bridgehead atoms. The minimum Gasteiger partial charge on any atom is -0.468 e. The molecule has 1 aromatic heterocycles. The van der Waals surface area contributed by atoms with Crippen molar-refractivity contribution in [2.75, 3.05) is 7.11 Å². The van der Waals surface area contributed by atoms with Crippen molar-refractivity contribution in [1.82, 2.24) is 9.88 Å². The van der Waals surface area contributed by atoms with Crippen LogP contribution in [0.1, 0.15) is 11.1 Å². The number of fused-ring (bicyclic) bond motifs is 1. The van der Waals surface area contributed by atoms with Crippen LogP contribution in [0.5, 0.6) is 0 Å². The van der Waals surface area contributed by atoms with E-state index in [-0.39, 0.29) is 18.1 Å². The zero-order valence-corrected chi connectivity index (χ0v) is 15.4. The topological polar surface area (TPSA) is 84.1 Å². The molecule has 0 saturated carbocycles. The van der Waals surface area contributed by atoms with Crippen molar-refractivity contribution in [1.29, 1.82) is 5.26 Å². The van der Waals surface area contributed by atoms with Crippen molar-refractivity contribution in [2.45, 2.75) is 13.1 Å². The van der Waals surface area contributed by atoms with Gasteiger partial charge in [0.1, 0.15) is 18.2 Å². The molecular formula is C22H19N3O3. The highest BCUT2D eigenvalue weighted by atomic mass is 16.5. The molecule has 1 N–H and O–H groups in total. The molecule has 0 fully saturated rings. The van der Waals surface area contributed by atoms with E-state index in [1.807, 2.05) is 60.7 Å². The number of hydrogen-bond acceptors (Lipinski definition) is 4. The summed E-state index contributed by atoms with van der Waals surface area (Å²) in [6.45, 7) is 0.385. The molecule has 0 aliphatic heterocycles. The third-order valence-electron chi connectivity index (χ3n) is 4.31. The monoisotopic (exact) mass is 373 g/mol. The summed E-state index contributed by atoms with van der Waals surface area (Å²) >= 11 is 0. The summed E-state index contributed by atoms with van der Waals surface area (Å²) in [5.74, 6) is -0.825. The van der Waals surface area contributed by atoms with Gasteiger partial charge < -0.3 is 14.6 Å². The smallest absolute Gasteiger partial charge is 0.325 e. The fourth-order valence-corrected chi connectivity index (χ4v) is 2.90. The first-order valence-electron chi connectivity index (χ1n) is 8.71. The zero-order chi connectivity index (χ0) is 19.9. The predicted octanol–water partition coefficient (Wildman–Crippen LogP) is 3.04. The number of aromatic nitrogens is 1. The maximum atomic E-state index is 12.4. The number of nitrogens with zero attached hydrogens (tertiary/aromatic N) is 2. The first-order chi connectivity index (χ1) is 13.6. The predicted molar refractivity (Wildman–Crippen MR) is 106 cm³/mol. The SMILES string of the molecule is COC(=O)Cn1cc(/C=C(\C#N)C(=O)NCc2ccccc2)c2ccccc21. The van der Waals surface area contributed by atoms with E-state index in [1.165, 1.54) is 13.2 Å². The lowest BCUT2D eigenvalue weighted by Gasteiger charge is -2.04. The molecule has 28 heavy (non-hydrogen) atoms. The van der Waals surface area contributed by atoms with Gasteiger partial charge in [-0.25, -0.2) is 0 Å². The van der Waals surface area contributed by atoms with Crippen LogP contribution in [0.15, 0.2) is 66.4 Å². The standard InChI is InChI=1S/C22H19N3O3/c1-28-21(26)15-25-14-18(19-9-5-6-10-20(19)25)11-17(12-23)22(27)24-13-16-7-3-2-4-8-16/h2-11,14H,13,15H2,1H3,(H,24,27)/b17-11+. The number of para-hydroxylation sites is 1. The number of hydrogen-bond donors (Lipinski definition) is 1. The lowest BCUT2D eigenvalue weighted by Crippen LogP contribution is -2.23. The van der Waals surface area contributed by atoms with Crippen molar-refractivity contribution >= 4 is 28.9 Å². The highest BCUT2D eigenvalue weighted by Crippen LogP contribution is 2.23. The number of esters is 1. The molecule has 6 nitrogen and oxygen atoms in total. The van der Waals surface area contributed by atoms with E-state index in [0.717, 1.165) is 16.5 Å². The van der Waals surface area contributed by atoms with Crippen LogP contribution in [0, 0.1) is 11.3 Å². The Hall–Kier alpha value is -3.85. The normalized spacial score (nSPS) is 11.1. The van der Waals surface area contributed by atoms with Gasteiger partial charge in [0.2, 0.25) is 0 Å². The maximum absolute atomic E-state index is 12.4. The molecule has 140 valence electrons. The van der Waals surface area contributed by atoms with Gasteiger partial charge in [-0.1, -0.05) is 48.5 Å². The van der Waals surface area contributed by atoms with E-state index in [0.29, 0.717) is 12.1 Å². The van der Waals surface area contributed by atoms with Gasteiger partial charge in [-0.15, -0.1) is 0 Å². The lowest BCUT2D eigenvalue weighted by molar-refractivity contribution is -0.141. The van der Waals surface area contributed by atoms with E-state index in [1.54, 1.807) is 10.8 Å². The van der Waals surface area contributed by atoms with E-state index >= 15 is 0 Å². The van der Waals surface area contributed by atoms with Crippen LogP contribution in [0.2, 0.25) is 0 Å². The van der Waals surface area contributed by atoms with Crippen molar-refractivity contribution in [3.05, 3.63) is 77.5 Å². The third kappa shape index (κ3) is 4.27. The molecule has 1 heterocycles. The molecule has 0 spiro atoms. The van der Waals surface area contributed by atoms with Gasteiger partial charge >= 0.3 is 5.97 Å². The zero-order valence-electron chi connectivity index (χ0n) is 15.4. The van der Waals surface area contributed by atoms with Crippen molar-refractivity contribution < 1.29 is 14.3 Å². The van der Waals surface area contributed by atoms with Gasteiger partial charge in [-0.05, 0) is 17.7 Å². The minimum absolute atomic E-state index is 0.00287. The van der Waals surface area contributed by atoms with Crippen molar-refractivity contribution in [3.8, 4) is 6.07 Å². The van der Waals surface area contributed by atoms with Crippen LogP contribution in [0.4, 0.5) is 0 Å². The average Bonchev–Trinajstić information content (AvgIpc) is 3.08. The van der Waals surface area contributed by atoms with Gasteiger partial charge in [0.25, 0.3) is 5.91 Å². The highest BCUT2D eigenvalue weighted by Gasteiger charge is 2.13. The van der Waals surface area contributed by atoms with E-state index in [4.69, 9.17) is 4.74 Å². The van der Waals surface area contributed by atoms with E-state index in [2.05, 4.69) is 5.32 Å². The Morgan fingerprint density at radius 3 is 2.57 bits per heavy atom. The molecule has 0 unspecified atom stereocenters. The quantitative estimate of drug-likeness (QED) is 0.409. The van der Waals surface area contributed by atoms with Crippen LogP contribution in [0.3, 0.4) is 0 Å². The summed E-state index contributed by atoms with van der Waals surface area (Å²) in [7, 11) is 1.33. The van der Waals surface area contributed by atoms with Crippen molar-refractivity contribution in [3.63, 3.8) is 0 Å². The molecule has 0 saturated heterocycles. The third-order valence-corrected chi connectivity index (χ3v) is 4.31. The number of ether oxygens (including phenoxy) is 1. The van der Waals surface area contributed by atoms with E-state index < -0.39 is 5.91 Å².